The lowest BCUT2D eigenvalue weighted by atomic mass is 9.99. The van der Waals surface area contributed by atoms with Gasteiger partial charge in [0.05, 0.1) is 5.69 Å². The molecule has 76 valence electrons. The second kappa shape index (κ2) is 4.04. The minimum Gasteiger partial charge on any atom is -0.481 e. The van der Waals surface area contributed by atoms with E-state index >= 15 is 0 Å². The lowest BCUT2D eigenvalue weighted by molar-refractivity contribution is -0.139. The fourth-order valence-corrected chi connectivity index (χ4v) is 1.34. The van der Waals surface area contributed by atoms with Gasteiger partial charge in [0.15, 0.2) is 0 Å². The van der Waals surface area contributed by atoms with Crippen molar-refractivity contribution in [1.82, 2.24) is 10.2 Å². The Morgan fingerprint density at radius 1 is 1.71 bits per heavy atom. The van der Waals surface area contributed by atoms with E-state index in [-0.39, 0.29) is 5.56 Å². The molecule has 0 aliphatic heterocycles. The number of carboxylic acid groups (broad SMARTS) is 1. The molecule has 0 spiro atoms. The molecule has 0 saturated heterocycles. The van der Waals surface area contributed by atoms with Crippen molar-refractivity contribution in [2.75, 3.05) is 0 Å². The van der Waals surface area contributed by atoms with Gasteiger partial charge in [0, 0.05) is 6.07 Å². The van der Waals surface area contributed by atoms with Crippen LogP contribution in [0.4, 0.5) is 0 Å². The highest BCUT2D eigenvalue weighted by Gasteiger charge is 2.21. The number of hydrogen-bond donors (Lipinski definition) is 2. The molecule has 1 rings (SSSR count). The predicted octanol–water partition coefficient (Wildman–Crippen LogP) is 0.657. The number of aryl methyl sites for hydroxylation is 1. The van der Waals surface area contributed by atoms with Crippen LogP contribution in [0.1, 0.15) is 30.5 Å². The molecule has 0 aromatic carbocycles. The third-order valence-corrected chi connectivity index (χ3v) is 2.07. The van der Waals surface area contributed by atoms with Crippen LogP contribution in [0.25, 0.3) is 0 Å². The highest BCUT2D eigenvalue weighted by Crippen LogP contribution is 2.18. The third kappa shape index (κ3) is 1.99. The van der Waals surface area contributed by atoms with Gasteiger partial charge in [0.25, 0.3) is 5.56 Å². The van der Waals surface area contributed by atoms with E-state index in [0.29, 0.717) is 17.7 Å². The molecule has 1 heterocycles. The molecule has 0 amide bonds. The van der Waals surface area contributed by atoms with Gasteiger partial charge in [-0.2, -0.15) is 5.10 Å². The van der Waals surface area contributed by atoms with E-state index in [1.54, 1.807) is 13.8 Å². The number of nitrogens with zero attached hydrogens (tertiary/aromatic N) is 1. The maximum Gasteiger partial charge on any atom is 0.312 e. The third-order valence-electron chi connectivity index (χ3n) is 2.07. The Kier molecular flexibility index (Phi) is 3.01. The summed E-state index contributed by atoms with van der Waals surface area (Å²) in [5.41, 5.74) is 0.731. The number of aliphatic carboxylic acids is 1. The second-order valence-electron chi connectivity index (χ2n) is 3.10. The summed E-state index contributed by atoms with van der Waals surface area (Å²) in [5.74, 6) is -1.57. The smallest absolute Gasteiger partial charge is 0.312 e. The van der Waals surface area contributed by atoms with Crippen molar-refractivity contribution in [2.45, 2.75) is 26.2 Å². The van der Waals surface area contributed by atoms with E-state index in [4.69, 9.17) is 5.11 Å². The van der Waals surface area contributed by atoms with Crippen LogP contribution in [0.5, 0.6) is 0 Å². The lowest BCUT2D eigenvalue weighted by Crippen LogP contribution is -2.18. The van der Waals surface area contributed by atoms with Gasteiger partial charge in [0.2, 0.25) is 0 Å². The monoisotopic (exact) mass is 196 g/mol. The summed E-state index contributed by atoms with van der Waals surface area (Å²) >= 11 is 0. The summed E-state index contributed by atoms with van der Waals surface area (Å²) in [7, 11) is 0. The zero-order chi connectivity index (χ0) is 10.7. The molecule has 0 fully saturated rings. The molecule has 1 aromatic heterocycles. The maximum atomic E-state index is 10.9. The molecule has 14 heavy (non-hydrogen) atoms. The SMILES string of the molecule is CCC(C(=O)O)c1n[nH]c(=O)cc1C. The molecule has 1 aromatic rings. The standard InChI is InChI=1S/C9H12N2O3/c1-3-6(9(13)14)8-5(2)4-7(12)10-11-8/h4,6H,3H2,1-2H3,(H,10,12)(H,13,14). The summed E-state index contributed by atoms with van der Waals surface area (Å²) in [4.78, 5) is 21.7. The van der Waals surface area contributed by atoms with Crippen LogP contribution in [0.2, 0.25) is 0 Å². The van der Waals surface area contributed by atoms with Crippen molar-refractivity contribution in [2.24, 2.45) is 0 Å². The molecular formula is C9H12N2O3. The van der Waals surface area contributed by atoms with Gasteiger partial charge < -0.3 is 5.11 Å². The van der Waals surface area contributed by atoms with Crippen molar-refractivity contribution in [3.63, 3.8) is 0 Å². The fourth-order valence-electron chi connectivity index (χ4n) is 1.34. The molecule has 2 N–H and O–H groups in total. The largest absolute Gasteiger partial charge is 0.481 e. The summed E-state index contributed by atoms with van der Waals surface area (Å²) in [5, 5.41) is 14.9. The topological polar surface area (TPSA) is 83.0 Å². The van der Waals surface area contributed by atoms with E-state index in [2.05, 4.69) is 10.2 Å². The van der Waals surface area contributed by atoms with Crippen molar-refractivity contribution in [3.8, 4) is 0 Å². The Labute approximate surface area is 80.8 Å². The van der Waals surface area contributed by atoms with Crippen molar-refractivity contribution >= 4 is 5.97 Å². The Morgan fingerprint density at radius 2 is 2.36 bits per heavy atom. The number of carboxylic acids is 1. The van der Waals surface area contributed by atoms with Gasteiger partial charge >= 0.3 is 5.97 Å². The molecular weight excluding hydrogens is 184 g/mol. The molecule has 5 heteroatoms. The first-order chi connectivity index (χ1) is 6.56. The highest BCUT2D eigenvalue weighted by atomic mass is 16.4. The molecule has 0 aliphatic rings. The first kappa shape index (κ1) is 10.4. The lowest BCUT2D eigenvalue weighted by Gasteiger charge is -2.10. The Bertz CT molecular complexity index is 397. The van der Waals surface area contributed by atoms with Crippen LogP contribution >= 0.6 is 0 Å². The van der Waals surface area contributed by atoms with Crippen LogP contribution < -0.4 is 5.56 Å². The number of aromatic nitrogens is 2. The molecule has 0 aliphatic carbocycles. The van der Waals surface area contributed by atoms with Crippen LogP contribution in [0, 0.1) is 6.92 Å². The van der Waals surface area contributed by atoms with E-state index in [9.17, 15) is 9.59 Å². The number of hydrogen-bond acceptors (Lipinski definition) is 3. The van der Waals surface area contributed by atoms with E-state index in [1.807, 2.05) is 0 Å². The average Bonchev–Trinajstić information content (AvgIpc) is 2.09. The van der Waals surface area contributed by atoms with Crippen LogP contribution in [-0.4, -0.2) is 21.3 Å². The average molecular weight is 196 g/mol. The quantitative estimate of drug-likeness (QED) is 0.743. The van der Waals surface area contributed by atoms with Gasteiger partial charge in [-0.15, -0.1) is 0 Å². The summed E-state index contributed by atoms with van der Waals surface area (Å²) < 4.78 is 0. The number of aromatic amines is 1. The first-order valence-corrected chi connectivity index (χ1v) is 4.35. The van der Waals surface area contributed by atoms with Crippen molar-refractivity contribution in [1.29, 1.82) is 0 Å². The minimum atomic E-state index is -0.921. The summed E-state index contributed by atoms with van der Waals surface area (Å²) in [6.45, 7) is 3.45. The summed E-state index contributed by atoms with van der Waals surface area (Å²) in [6, 6.07) is 1.36. The normalized spacial score (nSPS) is 12.4. The second-order valence-corrected chi connectivity index (χ2v) is 3.10. The Balaban J connectivity index is 3.17. The van der Waals surface area contributed by atoms with Gasteiger partial charge in [0.1, 0.15) is 5.92 Å². The summed E-state index contributed by atoms with van der Waals surface area (Å²) in [6.07, 6.45) is 0.454. The Hall–Kier alpha value is -1.65. The molecule has 5 nitrogen and oxygen atoms in total. The van der Waals surface area contributed by atoms with E-state index in [0.717, 1.165) is 0 Å². The molecule has 1 unspecified atom stereocenters. The van der Waals surface area contributed by atoms with Gasteiger partial charge in [-0.1, -0.05) is 6.92 Å². The minimum absolute atomic E-state index is 0.313. The fraction of sp³-hybridized carbons (Fsp3) is 0.444. The van der Waals surface area contributed by atoms with Gasteiger partial charge in [-0.3, -0.25) is 9.59 Å². The van der Waals surface area contributed by atoms with E-state index < -0.39 is 11.9 Å². The maximum absolute atomic E-state index is 10.9. The van der Waals surface area contributed by atoms with E-state index in [1.165, 1.54) is 6.07 Å². The number of carbonyl (C=O) groups is 1. The van der Waals surface area contributed by atoms with Crippen molar-refractivity contribution in [3.05, 3.63) is 27.7 Å². The zero-order valence-electron chi connectivity index (χ0n) is 8.07. The molecule has 0 bridgehead atoms. The number of rotatable bonds is 3. The number of H-pyrrole nitrogens is 1. The first-order valence-electron chi connectivity index (χ1n) is 4.35. The van der Waals surface area contributed by atoms with Gasteiger partial charge in [-0.05, 0) is 18.9 Å². The Morgan fingerprint density at radius 3 is 2.79 bits per heavy atom. The molecule has 0 saturated carbocycles. The highest BCUT2D eigenvalue weighted by molar-refractivity contribution is 5.75. The number of nitrogens with one attached hydrogen (secondary N) is 1. The zero-order valence-corrected chi connectivity index (χ0v) is 8.07. The van der Waals surface area contributed by atoms with Crippen LogP contribution in [0.3, 0.4) is 0 Å². The molecule has 1 atom stereocenters. The van der Waals surface area contributed by atoms with Crippen LogP contribution in [-0.2, 0) is 4.79 Å². The van der Waals surface area contributed by atoms with Crippen molar-refractivity contribution < 1.29 is 9.90 Å². The predicted molar refractivity (Wildman–Crippen MR) is 50.3 cm³/mol. The molecule has 0 radical (unpaired) electrons. The van der Waals surface area contributed by atoms with Gasteiger partial charge in [-0.25, -0.2) is 5.10 Å². The van der Waals surface area contributed by atoms with Crippen LogP contribution in [0.15, 0.2) is 10.9 Å².